The van der Waals surface area contributed by atoms with Gasteiger partial charge in [0, 0.05) is 0 Å². The maximum Gasteiger partial charge on any atom is 0.471 e. The number of halogens is 3. The lowest BCUT2D eigenvalue weighted by Crippen LogP contribution is -2.52. The fraction of sp³-hybridized carbons (Fsp3) is 0.818. The lowest BCUT2D eigenvalue weighted by Gasteiger charge is -2.36. The standard InChI is InChI=1S/C11H20F3NO4Si/c1-10(2,3)20(4,5)19-6-7(8(16)17)15-9(18)11(12,13)14/h7H,6H2,1-5H3,(H,15,18)(H,16,17)/t7-/m0/s1. The van der Waals surface area contributed by atoms with Crippen LogP contribution in [0.3, 0.4) is 0 Å². The smallest absolute Gasteiger partial charge is 0.471 e. The van der Waals surface area contributed by atoms with E-state index >= 15 is 0 Å². The van der Waals surface area contributed by atoms with Gasteiger partial charge in [0.1, 0.15) is 6.04 Å². The summed E-state index contributed by atoms with van der Waals surface area (Å²) >= 11 is 0. The summed E-state index contributed by atoms with van der Waals surface area (Å²) in [7, 11) is -2.31. The van der Waals surface area contributed by atoms with Gasteiger partial charge in [0.05, 0.1) is 6.61 Å². The maximum atomic E-state index is 12.1. The van der Waals surface area contributed by atoms with Crippen LogP contribution in [-0.2, 0) is 14.0 Å². The number of amides is 1. The van der Waals surface area contributed by atoms with Crippen molar-refractivity contribution in [1.29, 1.82) is 0 Å². The van der Waals surface area contributed by atoms with Crippen molar-refractivity contribution in [1.82, 2.24) is 5.32 Å². The summed E-state index contributed by atoms with van der Waals surface area (Å²) in [5, 5.41) is 10.0. The Balaban J connectivity index is 4.76. The molecule has 0 saturated carbocycles. The van der Waals surface area contributed by atoms with Crippen LogP contribution < -0.4 is 5.32 Å². The fourth-order valence-electron chi connectivity index (χ4n) is 0.923. The first-order valence-electron chi connectivity index (χ1n) is 5.93. The highest BCUT2D eigenvalue weighted by Gasteiger charge is 2.42. The van der Waals surface area contributed by atoms with Gasteiger partial charge in [0.25, 0.3) is 0 Å². The van der Waals surface area contributed by atoms with Crippen LogP contribution in [0.1, 0.15) is 20.8 Å². The molecule has 5 nitrogen and oxygen atoms in total. The van der Waals surface area contributed by atoms with Gasteiger partial charge in [-0.15, -0.1) is 0 Å². The fourth-order valence-corrected chi connectivity index (χ4v) is 1.94. The normalized spacial score (nSPS) is 14.8. The number of rotatable bonds is 5. The van der Waals surface area contributed by atoms with Crippen LogP contribution in [0.15, 0.2) is 0 Å². The van der Waals surface area contributed by atoms with Crippen molar-refractivity contribution in [2.24, 2.45) is 0 Å². The minimum absolute atomic E-state index is 0.218. The molecule has 0 bridgehead atoms. The van der Waals surface area contributed by atoms with Crippen LogP contribution >= 0.6 is 0 Å². The molecule has 0 rings (SSSR count). The first-order valence-corrected chi connectivity index (χ1v) is 8.84. The van der Waals surface area contributed by atoms with E-state index in [0.29, 0.717) is 0 Å². The second-order valence-corrected chi connectivity index (χ2v) is 10.7. The highest BCUT2D eigenvalue weighted by atomic mass is 28.4. The van der Waals surface area contributed by atoms with E-state index in [1.165, 1.54) is 5.32 Å². The van der Waals surface area contributed by atoms with E-state index in [9.17, 15) is 22.8 Å². The third-order valence-electron chi connectivity index (χ3n) is 3.28. The minimum atomic E-state index is -5.12. The Bertz CT molecular complexity index is 377. The van der Waals surface area contributed by atoms with Crippen molar-refractivity contribution >= 4 is 20.2 Å². The molecule has 0 unspecified atom stereocenters. The van der Waals surface area contributed by atoms with Crippen LogP contribution in [-0.4, -0.2) is 44.1 Å². The molecule has 0 saturated heterocycles. The largest absolute Gasteiger partial charge is 0.480 e. The summed E-state index contributed by atoms with van der Waals surface area (Å²) in [5.41, 5.74) is 0. The predicted octanol–water partition coefficient (Wildman–Crippen LogP) is 2.14. The Morgan fingerprint density at radius 3 is 2.00 bits per heavy atom. The monoisotopic (exact) mass is 315 g/mol. The number of hydrogen-bond donors (Lipinski definition) is 2. The lowest BCUT2D eigenvalue weighted by molar-refractivity contribution is -0.175. The van der Waals surface area contributed by atoms with Crippen molar-refractivity contribution in [3.8, 4) is 0 Å². The summed E-state index contributed by atoms with van der Waals surface area (Å²) in [6.45, 7) is 8.89. The first-order chi connectivity index (χ1) is 8.68. The number of carboxylic acid groups (broad SMARTS) is 1. The van der Waals surface area contributed by atoms with E-state index in [4.69, 9.17) is 9.53 Å². The molecule has 20 heavy (non-hydrogen) atoms. The molecule has 9 heteroatoms. The van der Waals surface area contributed by atoms with Crippen molar-refractivity contribution < 1.29 is 32.3 Å². The average Bonchev–Trinajstić information content (AvgIpc) is 2.20. The maximum absolute atomic E-state index is 12.1. The highest BCUT2D eigenvalue weighted by molar-refractivity contribution is 6.74. The highest BCUT2D eigenvalue weighted by Crippen LogP contribution is 2.36. The first kappa shape index (κ1) is 18.9. The van der Waals surface area contributed by atoms with Gasteiger partial charge < -0.3 is 14.8 Å². The number of carbonyl (C=O) groups is 2. The Labute approximate surface area is 116 Å². The summed E-state index contributed by atoms with van der Waals surface area (Å²) in [5.74, 6) is -3.86. The zero-order valence-corrected chi connectivity index (χ0v) is 13.1. The number of aliphatic carboxylic acids is 1. The van der Waals surface area contributed by atoms with E-state index < -0.39 is 39.0 Å². The van der Waals surface area contributed by atoms with Gasteiger partial charge in [-0.1, -0.05) is 20.8 Å². The Morgan fingerprint density at radius 1 is 1.25 bits per heavy atom. The number of hydrogen-bond acceptors (Lipinski definition) is 3. The molecule has 0 aromatic carbocycles. The molecule has 1 amide bonds. The van der Waals surface area contributed by atoms with Crippen LogP contribution in [0, 0.1) is 0 Å². The van der Waals surface area contributed by atoms with Crippen LogP contribution in [0.5, 0.6) is 0 Å². The molecule has 118 valence electrons. The predicted molar refractivity (Wildman–Crippen MR) is 68.8 cm³/mol. The van der Waals surface area contributed by atoms with Crippen molar-refractivity contribution in [2.45, 2.75) is 51.1 Å². The lowest BCUT2D eigenvalue weighted by atomic mass is 10.2. The zero-order valence-electron chi connectivity index (χ0n) is 12.1. The molecule has 0 aliphatic heterocycles. The third-order valence-corrected chi connectivity index (χ3v) is 7.78. The van der Waals surface area contributed by atoms with Gasteiger partial charge in [0.2, 0.25) is 0 Å². The Hall–Kier alpha value is -1.09. The Kier molecular flexibility index (Phi) is 5.79. The molecule has 0 heterocycles. The van der Waals surface area contributed by atoms with Gasteiger partial charge in [-0.2, -0.15) is 13.2 Å². The van der Waals surface area contributed by atoms with E-state index in [0.717, 1.165) is 0 Å². The molecule has 0 aromatic heterocycles. The zero-order chi connectivity index (χ0) is 16.4. The number of nitrogens with one attached hydrogen (secondary N) is 1. The molecule has 0 aliphatic rings. The second-order valence-electron chi connectivity index (χ2n) is 5.93. The van der Waals surface area contributed by atoms with Gasteiger partial charge >= 0.3 is 18.1 Å². The van der Waals surface area contributed by atoms with Crippen LogP contribution in [0.2, 0.25) is 18.1 Å². The average molecular weight is 315 g/mol. The third kappa shape index (κ3) is 5.49. The van der Waals surface area contributed by atoms with E-state index in [1.54, 1.807) is 0 Å². The molecule has 0 aromatic rings. The quantitative estimate of drug-likeness (QED) is 0.762. The van der Waals surface area contributed by atoms with E-state index in [-0.39, 0.29) is 5.04 Å². The number of carbonyl (C=O) groups excluding carboxylic acids is 1. The van der Waals surface area contributed by atoms with Crippen molar-refractivity contribution in [3.05, 3.63) is 0 Å². The molecule has 2 N–H and O–H groups in total. The van der Waals surface area contributed by atoms with Crippen LogP contribution in [0.4, 0.5) is 13.2 Å². The molecule has 0 fully saturated rings. The second kappa shape index (κ2) is 6.13. The van der Waals surface area contributed by atoms with Crippen molar-refractivity contribution in [3.63, 3.8) is 0 Å². The topological polar surface area (TPSA) is 75.6 Å². The van der Waals surface area contributed by atoms with Crippen LogP contribution in [0.25, 0.3) is 0 Å². The van der Waals surface area contributed by atoms with Gasteiger partial charge in [-0.05, 0) is 18.1 Å². The molecular weight excluding hydrogens is 295 g/mol. The van der Waals surface area contributed by atoms with Gasteiger partial charge in [-0.3, -0.25) is 4.79 Å². The molecule has 0 aliphatic carbocycles. The molecule has 1 atom stereocenters. The summed E-state index contributed by atoms with van der Waals surface area (Å²) < 4.78 is 41.8. The van der Waals surface area contributed by atoms with E-state index in [1.807, 2.05) is 33.9 Å². The minimum Gasteiger partial charge on any atom is -0.480 e. The van der Waals surface area contributed by atoms with Crippen molar-refractivity contribution in [2.75, 3.05) is 6.61 Å². The summed E-state index contributed by atoms with van der Waals surface area (Å²) in [4.78, 5) is 21.6. The summed E-state index contributed by atoms with van der Waals surface area (Å²) in [6.07, 6.45) is -5.12. The molecule has 0 radical (unpaired) electrons. The Morgan fingerprint density at radius 2 is 1.70 bits per heavy atom. The number of alkyl halides is 3. The van der Waals surface area contributed by atoms with Gasteiger partial charge in [-0.25, -0.2) is 4.79 Å². The number of carboxylic acids is 1. The summed E-state index contributed by atoms with van der Waals surface area (Å²) in [6, 6.07) is -1.72. The van der Waals surface area contributed by atoms with E-state index in [2.05, 4.69) is 0 Å². The molecular formula is C11H20F3NO4Si. The molecule has 0 spiro atoms. The van der Waals surface area contributed by atoms with Gasteiger partial charge in [0.15, 0.2) is 8.32 Å². The SMILES string of the molecule is CC(C)(C)[Si](C)(C)OC[C@H](NC(=O)C(F)(F)F)C(=O)O.